The third kappa shape index (κ3) is 2.44. The monoisotopic (exact) mass is 223 g/mol. The van der Waals surface area contributed by atoms with Gasteiger partial charge in [0.05, 0.1) is 0 Å². The fourth-order valence-corrected chi connectivity index (χ4v) is 1.96. The number of rotatable bonds is 4. The normalized spacial score (nSPS) is 11.7. The van der Waals surface area contributed by atoms with Crippen LogP contribution in [-0.4, -0.2) is 6.29 Å². The molecule has 85 valence electrons. The van der Waals surface area contributed by atoms with E-state index >= 15 is 0 Å². The largest absolute Gasteiger partial charge is 0.285 e. The van der Waals surface area contributed by atoms with Gasteiger partial charge in [-0.05, 0) is 22.8 Å². The SMILES string of the molecule is CCC/C=C(/[C]=O)c1cccc2ccccc12. The summed E-state index contributed by atoms with van der Waals surface area (Å²) in [6, 6.07) is 14.1. The maximum Gasteiger partial charge on any atom is 0.233 e. The summed E-state index contributed by atoms with van der Waals surface area (Å²) in [5.74, 6) is 0. The summed E-state index contributed by atoms with van der Waals surface area (Å²) in [7, 11) is 0. The molecule has 0 fully saturated rings. The Bertz CT molecular complexity index is 547. The first-order valence-electron chi connectivity index (χ1n) is 5.93. The second-order valence-corrected chi connectivity index (χ2v) is 4.04. The van der Waals surface area contributed by atoms with Gasteiger partial charge in [-0.3, -0.25) is 4.79 Å². The van der Waals surface area contributed by atoms with E-state index in [9.17, 15) is 4.79 Å². The lowest BCUT2D eigenvalue weighted by molar-refractivity contribution is 0.565. The second-order valence-electron chi connectivity index (χ2n) is 4.04. The zero-order chi connectivity index (χ0) is 12.1. The van der Waals surface area contributed by atoms with Crippen LogP contribution in [0.25, 0.3) is 16.3 Å². The predicted octanol–water partition coefficient (Wildman–Crippen LogP) is 4.13. The van der Waals surface area contributed by atoms with E-state index in [1.165, 1.54) is 0 Å². The molecule has 1 heteroatoms. The van der Waals surface area contributed by atoms with Crippen molar-refractivity contribution >= 4 is 22.6 Å². The Labute approximate surface area is 102 Å². The first-order valence-corrected chi connectivity index (χ1v) is 5.93. The lowest BCUT2D eigenvalue weighted by Crippen LogP contribution is -1.88. The fraction of sp³-hybridized carbons (Fsp3) is 0.188. The first kappa shape index (κ1) is 11.6. The summed E-state index contributed by atoms with van der Waals surface area (Å²) in [5.41, 5.74) is 1.65. The van der Waals surface area contributed by atoms with Crippen molar-refractivity contribution in [1.82, 2.24) is 0 Å². The van der Waals surface area contributed by atoms with E-state index in [0.29, 0.717) is 5.57 Å². The van der Waals surface area contributed by atoms with E-state index in [-0.39, 0.29) is 0 Å². The van der Waals surface area contributed by atoms with Crippen molar-refractivity contribution in [2.75, 3.05) is 0 Å². The molecule has 1 radical (unpaired) electrons. The lowest BCUT2D eigenvalue weighted by Gasteiger charge is -2.05. The van der Waals surface area contributed by atoms with E-state index < -0.39 is 0 Å². The Morgan fingerprint density at radius 1 is 1.18 bits per heavy atom. The summed E-state index contributed by atoms with van der Waals surface area (Å²) in [6.45, 7) is 2.10. The maximum absolute atomic E-state index is 11.1. The molecule has 0 aliphatic rings. The van der Waals surface area contributed by atoms with Crippen molar-refractivity contribution in [1.29, 1.82) is 0 Å². The molecule has 17 heavy (non-hydrogen) atoms. The van der Waals surface area contributed by atoms with Crippen LogP contribution >= 0.6 is 0 Å². The van der Waals surface area contributed by atoms with Crippen LogP contribution in [0, 0.1) is 0 Å². The molecule has 2 rings (SSSR count). The van der Waals surface area contributed by atoms with Gasteiger partial charge < -0.3 is 0 Å². The summed E-state index contributed by atoms with van der Waals surface area (Å²) >= 11 is 0. The Hall–Kier alpha value is -1.89. The number of benzene rings is 2. The number of hydrogen-bond acceptors (Lipinski definition) is 1. The third-order valence-corrected chi connectivity index (χ3v) is 2.83. The Kier molecular flexibility index (Phi) is 3.71. The number of unbranched alkanes of at least 4 members (excludes halogenated alkanes) is 1. The van der Waals surface area contributed by atoms with E-state index in [1.54, 1.807) is 0 Å². The van der Waals surface area contributed by atoms with Gasteiger partial charge in [-0.15, -0.1) is 0 Å². The van der Waals surface area contributed by atoms with Crippen LogP contribution in [0.4, 0.5) is 0 Å². The smallest absolute Gasteiger partial charge is 0.233 e. The molecule has 0 unspecified atom stereocenters. The number of hydrogen-bond donors (Lipinski definition) is 0. The molecule has 0 bridgehead atoms. The van der Waals surface area contributed by atoms with Gasteiger partial charge >= 0.3 is 0 Å². The highest BCUT2D eigenvalue weighted by molar-refractivity contribution is 6.12. The second kappa shape index (κ2) is 5.44. The molecule has 0 atom stereocenters. The minimum atomic E-state index is 0.670. The van der Waals surface area contributed by atoms with E-state index in [2.05, 4.69) is 25.3 Å². The van der Waals surface area contributed by atoms with Crippen LogP contribution in [0.15, 0.2) is 48.5 Å². The third-order valence-electron chi connectivity index (χ3n) is 2.83. The van der Waals surface area contributed by atoms with Crippen LogP contribution in [0.2, 0.25) is 0 Å². The molecular formula is C16H15O. The zero-order valence-electron chi connectivity index (χ0n) is 9.94. The Balaban J connectivity index is 2.57. The average Bonchev–Trinajstić information content (AvgIpc) is 2.40. The maximum atomic E-state index is 11.1. The number of carbonyl (C=O) groups excluding carboxylic acids is 1. The van der Waals surface area contributed by atoms with Crippen molar-refractivity contribution in [3.8, 4) is 0 Å². The van der Waals surface area contributed by atoms with Crippen molar-refractivity contribution < 1.29 is 4.79 Å². The van der Waals surface area contributed by atoms with Crippen LogP contribution in [0.3, 0.4) is 0 Å². The molecule has 0 saturated carbocycles. The molecule has 0 saturated heterocycles. The quantitative estimate of drug-likeness (QED) is 0.712. The van der Waals surface area contributed by atoms with Crippen LogP contribution in [0.5, 0.6) is 0 Å². The standard InChI is InChI=1S/C16H15O/c1-2-3-7-14(12-17)16-11-6-9-13-8-4-5-10-15(13)16/h4-11H,2-3H2,1H3/b14-7-. The zero-order valence-corrected chi connectivity index (χ0v) is 9.94. The highest BCUT2D eigenvalue weighted by Crippen LogP contribution is 2.24. The van der Waals surface area contributed by atoms with Gasteiger partial charge in [0, 0.05) is 5.57 Å². The molecule has 2 aromatic rings. The highest BCUT2D eigenvalue weighted by atomic mass is 16.1. The van der Waals surface area contributed by atoms with Gasteiger partial charge in [-0.2, -0.15) is 0 Å². The van der Waals surface area contributed by atoms with Crippen molar-refractivity contribution in [2.45, 2.75) is 19.8 Å². The predicted molar refractivity (Wildman–Crippen MR) is 72.5 cm³/mol. The molecule has 0 aliphatic heterocycles. The average molecular weight is 223 g/mol. The summed E-state index contributed by atoms with van der Waals surface area (Å²) in [5, 5.41) is 2.27. The molecule has 1 nitrogen and oxygen atoms in total. The first-order chi connectivity index (χ1) is 8.36. The Morgan fingerprint density at radius 3 is 2.71 bits per heavy atom. The molecule has 2 aromatic carbocycles. The van der Waals surface area contributed by atoms with Gasteiger partial charge in [0.2, 0.25) is 6.29 Å². The highest BCUT2D eigenvalue weighted by Gasteiger charge is 2.05. The van der Waals surface area contributed by atoms with Crippen molar-refractivity contribution in [2.24, 2.45) is 0 Å². The van der Waals surface area contributed by atoms with Crippen molar-refractivity contribution in [3.63, 3.8) is 0 Å². The van der Waals surface area contributed by atoms with E-state index in [1.807, 2.05) is 36.4 Å². The van der Waals surface area contributed by atoms with Gasteiger partial charge in [0.1, 0.15) is 0 Å². The summed E-state index contributed by atoms with van der Waals surface area (Å²) < 4.78 is 0. The van der Waals surface area contributed by atoms with Crippen LogP contribution in [0.1, 0.15) is 25.3 Å². The van der Waals surface area contributed by atoms with E-state index in [4.69, 9.17) is 0 Å². The number of allylic oxidation sites excluding steroid dienone is 2. The fourth-order valence-electron chi connectivity index (χ4n) is 1.96. The lowest BCUT2D eigenvalue weighted by atomic mass is 9.98. The molecule has 0 N–H and O–H groups in total. The number of fused-ring (bicyclic) bond motifs is 1. The van der Waals surface area contributed by atoms with Gasteiger partial charge in [0.15, 0.2) is 0 Å². The van der Waals surface area contributed by atoms with Gasteiger partial charge in [0.25, 0.3) is 0 Å². The topological polar surface area (TPSA) is 17.1 Å². The molecule has 0 aromatic heterocycles. The Morgan fingerprint density at radius 2 is 1.94 bits per heavy atom. The van der Waals surface area contributed by atoms with E-state index in [0.717, 1.165) is 29.2 Å². The van der Waals surface area contributed by atoms with Gasteiger partial charge in [-0.25, -0.2) is 0 Å². The molecule has 0 heterocycles. The summed E-state index contributed by atoms with van der Waals surface area (Å²) in [6.07, 6.45) is 5.97. The molecular weight excluding hydrogens is 208 g/mol. The van der Waals surface area contributed by atoms with Crippen LogP contribution < -0.4 is 0 Å². The minimum absolute atomic E-state index is 0.670. The van der Waals surface area contributed by atoms with Crippen molar-refractivity contribution in [3.05, 3.63) is 54.1 Å². The summed E-state index contributed by atoms with van der Waals surface area (Å²) in [4.78, 5) is 11.1. The molecule has 0 aliphatic carbocycles. The molecule has 0 spiro atoms. The minimum Gasteiger partial charge on any atom is -0.285 e. The van der Waals surface area contributed by atoms with Crippen LogP contribution in [-0.2, 0) is 4.79 Å². The molecule has 0 amide bonds. The van der Waals surface area contributed by atoms with Gasteiger partial charge in [-0.1, -0.05) is 61.9 Å².